The lowest BCUT2D eigenvalue weighted by atomic mass is 9.58. The van der Waals surface area contributed by atoms with Gasteiger partial charge in [0.2, 0.25) is 0 Å². The number of carbonyl (C=O) groups excluding carboxylic acids is 4. The molecule has 0 aliphatic heterocycles. The molecule has 0 atom stereocenters. The van der Waals surface area contributed by atoms with Crippen molar-refractivity contribution in [1.29, 1.82) is 0 Å². The van der Waals surface area contributed by atoms with E-state index in [-0.39, 0.29) is 0 Å². The summed E-state index contributed by atoms with van der Waals surface area (Å²) in [5.41, 5.74) is -3.16. The standard InChI is InChI=1S/C12H18O4/c1-7(13)11(5,8(2)14)12(6,9(3)15)10(4)16/h1-6H3. The molecule has 16 heavy (non-hydrogen) atoms. The first-order chi connectivity index (χ1) is 7.02. The van der Waals surface area contributed by atoms with Crippen LogP contribution in [-0.4, -0.2) is 23.1 Å². The zero-order chi connectivity index (χ0) is 13.3. The second-order valence-corrected chi connectivity index (χ2v) is 4.47. The highest BCUT2D eigenvalue weighted by Gasteiger charge is 2.57. The van der Waals surface area contributed by atoms with Crippen LogP contribution in [0, 0.1) is 10.8 Å². The van der Waals surface area contributed by atoms with E-state index in [0.717, 1.165) is 0 Å². The molecule has 0 rings (SSSR count). The maximum Gasteiger partial charge on any atom is 0.144 e. The molecule has 0 saturated carbocycles. The van der Waals surface area contributed by atoms with Gasteiger partial charge in [0, 0.05) is 0 Å². The Bertz CT molecular complexity index is 301. The van der Waals surface area contributed by atoms with E-state index in [4.69, 9.17) is 0 Å². The summed E-state index contributed by atoms with van der Waals surface area (Å²) in [4.78, 5) is 46.5. The van der Waals surface area contributed by atoms with Gasteiger partial charge in [-0.2, -0.15) is 0 Å². The second kappa shape index (κ2) is 4.28. The minimum atomic E-state index is -1.58. The molecule has 0 spiro atoms. The molecule has 0 heterocycles. The predicted octanol–water partition coefficient (Wildman–Crippen LogP) is 1.35. The number of hydrogen-bond donors (Lipinski definition) is 0. The lowest BCUT2D eigenvalue weighted by Crippen LogP contribution is -2.55. The first kappa shape index (κ1) is 14.7. The Morgan fingerprint density at radius 3 is 0.750 bits per heavy atom. The number of ketones is 4. The third-order valence-electron chi connectivity index (χ3n) is 3.82. The van der Waals surface area contributed by atoms with Gasteiger partial charge in [-0.25, -0.2) is 0 Å². The molecular formula is C12H18O4. The Balaban J connectivity index is 6.05. The van der Waals surface area contributed by atoms with Gasteiger partial charge in [0.1, 0.15) is 34.0 Å². The molecule has 0 radical (unpaired) electrons. The smallest absolute Gasteiger partial charge is 0.144 e. The van der Waals surface area contributed by atoms with Gasteiger partial charge in [-0.1, -0.05) is 0 Å². The summed E-state index contributed by atoms with van der Waals surface area (Å²) in [6, 6.07) is 0. The molecule has 0 aromatic heterocycles. The van der Waals surface area contributed by atoms with E-state index in [1.807, 2.05) is 0 Å². The minimum absolute atomic E-state index is 0.465. The third-order valence-corrected chi connectivity index (χ3v) is 3.82. The van der Waals surface area contributed by atoms with Crippen LogP contribution >= 0.6 is 0 Å². The normalized spacial score (nSPS) is 12.1. The molecule has 0 aliphatic rings. The van der Waals surface area contributed by atoms with Crippen LogP contribution in [0.1, 0.15) is 41.5 Å². The van der Waals surface area contributed by atoms with Crippen molar-refractivity contribution in [2.24, 2.45) is 10.8 Å². The molecule has 0 aromatic rings. The third kappa shape index (κ3) is 1.72. The van der Waals surface area contributed by atoms with Gasteiger partial charge >= 0.3 is 0 Å². The van der Waals surface area contributed by atoms with Gasteiger partial charge in [0.15, 0.2) is 0 Å². The molecule has 0 aromatic carbocycles. The Labute approximate surface area is 95.4 Å². The van der Waals surface area contributed by atoms with Gasteiger partial charge in [-0.3, -0.25) is 19.2 Å². The lowest BCUT2D eigenvalue weighted by Gasteiger charge is -2.39. The summed E-state index contributed by atoms with van der Waals surface area (Å²) >= 11 is 0. The average Bonchev–Trinajstić information content (AvgIpc) is 2.13. The van der Waals surface area contributed by atoms with E-state index in [0.29, 0.717) is 0 Å². The van der Waals surface area contributed by atoms with Gasteiger partial charge in [-0.05, 0) is 41.5 Å². The van der Waals surface area contributed by atoms with Crippen LogP contribution < -0.4 is 0 Å². The van der Waals surface area contributed by atoms with E-state index in [2.05, 4.69) is 0 Å². The number of hydrogen-bond acceptors (Lipinski definition) is 4. The maximum atomic E-state index is 11.6. The highest BCUT2D eigenvalue weighted by Crippen LogP contribution is 2.42. The van der Waals surface area contributed by atoms with Crippen LogP contribution in [0.2, 0.25) is 0 Å². The molecule has 4 nitrogen and oxygen atoms in total. The Kier molecular flexibility index (Phi) is 3.92. The fourth-order valence-electron chi connectivity index (χ4n) is 1.90. The molecule has 0 aliphatic carbocycles. The number of carbonyl (C=O) groups is 4. The van der Waals surface area contributed by atoms with Crippen LogP contribution in [0.15, 0.2) is 0 Å². The van der Waals surface area contributed by atoms with Crippen molar-refractivity contribution in [3.05, 3.63) is 0 Å². The van der Waals surface area contributed by atoms with Crippen LogP contribution in [-0.2, 0) is 19.2 Å². The van der Waals surface area contributed by atoms with Gasteiger partial charge in [-0.15, -0.1) is 0 Å². The SMILES string of the molecule is CC(=O)C(C)(C(C)=O)C(C)(C(C)=O)C(C)=O. The first-order valence-electron chi connectivity index (χ1n) is 5.07. The van der Waals surface area contributed by atoms with Gasteiger partial charge in [0.25, 0.3) is 0 Å². The largest absolute Gasteiger partial charge is 0.299 e. The van der Waals surface area contributed by atoms with Crippen molar-refractivity contribution >= 4 is 23.1 Å². The van der Waals surface area contributed by atoms with Crippen molar-refractivity contribution in [1.82, 2.24) is 0 Å². The van der Waals surface area contributed by atoms with Crippen molar-refractivity contribution in [2.45, 2.75) is 41.5 Å². The van der Waals surface area contributed by atoms with Crippen molar-refractivity contribution in [3.63, 3.8) is 0 Å². The first-order valence-corrected chi connectivity index (χ1v) is 5.07. The molecule has 90 valence electrons. The molecule has 0 amide bonds. The summed E-state index contributed by atoms with van der Waals surface area (Å²) < 4.78 is 0. The second-order valence-electron chi connectivity index (χ2n) is 4.47. The van der Waals surface area contributed by atoms with Gasteiger partial charge < -0.3 is 0 Å². The number of rotatable bonds is 5. The Morgan fingerprint density at radius 2 is 0.688 bits per heavy atom. The topological polar surface area (TPSA) is 68.3 Å². The molecule has 0 bridgehead atoms. The van der Waals surface area contributed by atoms with E-state index in [1.54, 1.807) is 0 Å². The Hall–Kier alpha value is -1.32. The summed E-state index contributed by atoms with van der Waals surface area (Å²) in [5, 5.41) is 0. The molecule has 4 heteroatoms. The lowest BCUT2D eigenvalue weighted by molar-refractivity contribution is -0.159. The Morgan fingerprint density at radius 1 is 0.562 bits per heavy atom. The maximum absolute atomic E-state index is 11.6. The monoisotopic (exact) mass is 226 g/mol. The fourth-order valence-corrected chi connectivity index (χ4v) is 1.90. The molecular weight excluding hydrogens is 208 g/mol. The number of Topliss-reactive ketones (excluding diaryl/α,β-unsaturated/α-hetero) is 4. The minimum Gasteiger partial charge on any atom is -0.299 e. The summed E-state index contributed by atoms with van der Waals surface area (Å²) in [7, 11) is 0. The van der Waals surface area contributed by atoms with E-state index in [9.17, 15) is 19.2 Å². The van der Waals surface area contributed by atoms with Crippen LogP contribution in [0.3, 0.4) is 0 Å². The van der Waals surface area contributed by atoms with Gasteiger partial charge in [0.05, 0.1) is 0 Å². The van der Waals surface area contributed by atoms with Crippen LogP contribution in [0.25, 0.3) is 0 Å². The van der Waals surface area contributed by atoms with Crippen LogP contribution in [0.4, 0.5) is 0 Å². The van der Waals surface area contributed by atoms with Crippen LogP contribution in [0.5, 0.6) is 0 Å². The summed E-state index contributed by atoms with van der Waals surface area (Å²) in [5.74, 6) is -1.86. The van der Waals surface area contributed by atoms with Crippen molar-refractivity contribution < 1.29 is 19.2 Å². The zero-order valence-corrected chi connectivity index (χ0v) is 10.6. The zero-order valence-electron chi connectivity index (χ0n) is 10.6. The highest BCUT2D eigenvalue weighted by molar-refractivity contribution is 6.18. The summed E-state index contributed by atoms with van der Waals surface area (Å²) in [6.07, 6.45) is 0. The van der Waals surface area contributed by atoms with Crippen molar-refractivity contribution in [2.75, 3.05) is 0 Å². The fraction of sp³-hybridized carbons (Fsp3) is 0.667. The molecule has 0 unspecified atom stereocenters. The molecule has 0 saturated heterocycles. The molecule has 0 fully saturated rings. The van der Waals surface area contributed by atoms with E-state index in [1.165, 1.54) is 41.5 Å². The van der Waals surface area contributed by atoms with E-state index < -0.39 is 34.0 Å². The molecule has 0 N–H and O–H groups in total. The predicted molar refractivity (Wildman–Crippen MR) is 58.9 cm³/mol. The quantitative estimate of drug-likeness (QED) is 0.664. The average molecular weight is 226 g/mol. The highest BCUT2D eigenvalue weighted by atomic mass is 16.2. The summed E-state index contributed by atoms with van der Waals surface area (Å²) in [6.45, 7) is 7.63. The van der Waals surface area contributed by atoms with E-state index >= 15 is 0 Å². The van der Waals surface area contributed by atoms with Crippen molar-refractivity contribution in [3.8, 4) is 0 Å².